The van der Waals surface area contributed by atoms with Crippen molar-refractivity contribution < 1.29 is 0 Å². The van der Waals surface area contributed by atoms with Crippen molar-refractivity contribution in [3.05, 3.63) is 40.9 Å². The zero-order valence-electron chi connectivity index (χ0n) is 9.49. The minimum absolute atomic E-state index is 0.598. The van der Waals surface area contributed by atoms with Crippen LogP contribution in [0.1, 0.15) is 24.2 Å². The second-order valence-corrected chi connectivity index (χ2v) is 4.79. The monoisotopic (exact) mass is 247 g/mol. The molecule has 1 aromatic carbocycles. The van der Waals surface area contributed by atoms with Crippen LogP contribution in [0.3, 0.4) is 0 Å². The highest BCUT2D eigenvalue weighted by Gasteiger charge is 2.17. The van der Waals surface area contributed by atoms with Crippen molar-refractivity contribution in [2.45, 2.75) is 25.7 Å². The van der Waals surface area contributed by atoms with Crippen LogP contribution in [0.4, 0.5) is 5.69 Å². The van der Waals surface area contributed by atoms with E-state index in [4.69, 9.17) is 17.3 Å². The van der Waals surface area contributed by atoms with Gasteiger partial charge >= 0.3 is 0 Å². The number of nitrogen functional groups attached to an aromatic ring is 1. The Morgan fingerprint density at radius 3 is 2.94 bits per heavy atom. The molecule has 0 aliphatic heterocycles. The van der Waals surface area contributed by atoms with Gasteiger partial charge in [-0.3, -0.25) is 0 Å². The van der Waals surface area contributed by atoms with Crippen molar-refractivity contribution in [1.82, 2.24) is 9.55 Å². The maximum absolute atomic E-state index is 6.06. The molecule has 0 atom stereocenters. The van der Waals surface area contributed by atoms with Gasteiger partial charge in [-0.15, -0.1) is 0 Å². The summed E-state index contributed by atoms with van der Waals surface area (Å²) in [5.41, 5.74) is 10.1. The molecule has 0 amide bonds. The van der Waals surface area contributed by atoms with E-state index in [1.165, 1.54) is 24.2 Å². The van der Waals surface area contributed by atoms with Gasteiger partial charge < -0.3 is 10.3 Å². The first-order chi connectivity index (χ1) is 8.27. The molecule has 2 N–H and O–H groups in total. The topological polar surface area (TPSA) is 43.8 Å². The number of anilines is 1. The van der Waals surface area contributed by atoms with Crippen LogP contribution < -0.4 is 5.73 Å². The summed E-state index contributed by atoms with van der Waals surface area (Å²) in [6.07, 6.45) is 6.45. The van der Waals surface area contributed by atoms with Crippen LogP contribution in [0.5, 0.6) is 0 Å². The minimum Gasteiger partial charge on any atom is -0.396 e. The molecule has 1 aromatic heterocycles. The smallest absolute Gasteiger partial charge is 0.0998 e. The molecule has 1 aliphatic carbocycles. The number of halogens is 1. The van der Waals surface area contributed by atoms with E-state index >= 15 is 0 Å². The third kappa shape index (κ3) is 1.71. The number of hydrogen-bond donors (Lipinski definition) is 1. The molecule has 1 aliphatic rings. The van der Waals surface area contributed by atoms with Gasteiger partial charge in [-0.2, -0.15) is 0 Å². The first-order valence-electron chi connectivity index (χ1n) is 5.87. The fourth-order valence-electron chi connectivity index (χ4n) is 2.41. The second-order valence-electron chi connectivity index (χ2n) is 4.39. The maximum Gasteiger partial charge on any atom is 0.0998 e. The second kappa shape index (κ2) is 4.08. The number of nitrogens with zero attached hydrogens (tertiary/aromatic N) is 2. The van der Waals surface area contributed by atoms with E-state index < -0.39 is 0 Å². The Hall–Kier alpha value is -1.48. The van der Waals surface area contributed by atoms with Gasteiger partial charge in [0.1, 0.15) is 0 Å². The molecule has 0 bridgehead atoms. The van der Waals surface area contributed by atoms with Gasteiger partial charge in [0.2, 0.25) is 0 Å². The molecule has 4 heteroatoms. The lowest BCUT2D eigenvalue weighted by Crippen LogP contribution is -2.08. The Bertz CT molecular complexity index is 560. The van der Waals surface area contributed by atoms with Crippen LogP contribution in [0.25, 0.3) is 5.69 Å². The molecular formula is C13H14ClN3. The summed E-state index contributed by atoms with van der Waals surface area (Å²) in [5, 5.41) is 0.598. The summed E-state index contributed by atoms with van der Waals surface area (Å²) in [6, 6.07) is 5.71. The zero-order valence-corrected chi connectivity index (χ0v) is 10.2. The molecular weight excluding hydrogens is 234 g/mol. The molecule has 0 radical (unpaired) electrons. The largest absolute Gasteiger partial charge is 0.396 e. The van der Waals surface area contributed by atoms with Gasteiger partial charge in [-0.25, -0.2) is 4.98 Å². The first-order valence-corrected chi connectivity index (χ1v) is 6.24. The maximum atomic E-state index is 6.06. The summed E-state index contributed by atoms with van der Waals surface area (Å²) in [5.74, 6) is 0. The predicted molar refractivity (Wildman–Crippen MR) is 69.6 cm³/mol. The predicted octanol–water partition coefficient (Wildman–Crippen LogP) is 2.99. The number of nitrogens with two attached hydrogens (primary N) is 1. The highest BCUT2D eigenvalue weighted by molar-refractivity contribution is 6.33. The molecule has 0 spiro atoms. The van der Waals surface area contributed by atoms with Crippen molar-refractivity contribution in [2.75, 3.05) is 5.73 Å². The Morgan fingerprint density at radius 2 is 2.06 bits per heavy atom. The fourth-order valence-corrected chi connectivity index (χ4v) is 2.58. The number of benzene rings is 1. The third-order valence-corrected chi connectivity index (χ3v) is 3.65. The lowest BCUT2D eigenvalue weighted by Gasteiger charge is -2.15. The third-order valence-electron chi connectivity index (χ3n) is 3.32. The zero-order chi connectivity index (χ0) is 11.8. The highest BCUT2D eigenvalue weighted by atomic mass is 35.5. The fraction of sp³-hybridized carbons (Fsp3) is 0.308. The Kier molecular flexibility index (Phi) is 2.56. The SMILES string of the molecule is Nc1c(Cl)cccc1-n1cnc2c1CCCC2. The van der Waals surface area contributed by atoms with E-state index in [2.05, 4.69) is 9.55 Å². The first kappa shape index (κ1) is 10.7. The number of hydrogen-bond acceptors (Lipinski definition) is 2. The average Bonchev–Trinajstić information content (AvgIpc) is 2.77. The van der Waals surface area contributed by atoms with Gasteiger partial charge in [0.05, 0.1) is 28.4 Å². The van der Waals surface area contributed by atoms with Crippen molar-refractivity contribution in [2.24, 2.45) is 0 Å². The lowest BCUT2D eigenvalue weighted by molar-refractivity contribution is 0.656. The summed E-state index contributed by atoms with van der Waals surface area (Å²) >= 11 is 6.06. The molecule has 17 heavy (non-hydrogen) atoms. The number of aryl methyl sites for hydroxylation is 1. The van der Waals surface area contributed by atoms with E-state index in [-0.39, 0.29) is 0 Å². The van der Waals surface area contributed by atoms with Gasteiger partial charge in [0, 0.05) is 5.69 Å². The van der Waals surface area contributed by atoms with Gasteiger partial charge in [0.15, 0.2) is 0 Å². The quantitative estimate of drug-likeness (QED) is 0.788. The van der Waals surface area contributed by atoms with Gasteiger partial charge in [0.25, 0.3) is 0 Å². The van der Waals surface area contributed by atoms with Crippen LogP contribution in [0.2, 0.25) is 5.02 Å². The molecule has 3 rings (SSSR count). The number of aromatic nitrogens is 2. The van der Waals surface area contributed by atoms with E-state index in [0.29, 0.717) is 10.7 Å². The van der Waals surface area contributed by atoms with Gasteiger partial charge in [-0.05, 0) is 37.8 Å². The van der Waals surface area contributed by atoms with Gasteiger partial charge in [-0.1, -0.05) is 17.7 Å². The molecule has 88 valence electrons. The van der Waals surface area contributed by atoms with E-state index in [0.717, 1.165) is 18.5 Å². The van der Waals surface area contributed by atoms with Crippen molar-refractivity contribution in [3.63, 3.8) is 0 Å². The molecule has 0 saturated heterocycles. The van der Waals surface area contributed by atoms with E-state index in [1.54, 1.807) is 0 Å². The normalized spacial score (nSPS) is 14.6. The Labute approximate surface area is 105 Å². The van der Waals surface area contributed by atoms with Crippen molar-refractivity contribution in [3.8, 4) is 5.69 Å². The van der Waals surface area contributed by atoms with Crippen molar-refractivity contribution >= 4 is 17.3 Å². The standard InChI is InChI=1S/C13H14ClN3/c14-9-4-3-7-12(13(9)15)17-8-16-10-5-1-2-6-11(10)17/h3-4,7-8H,1-2,5-6,15H2. The van der Waals surface area contributed by atoms with Crippen LogP contribution in [0.15, 0.2) is 24.5 Å². The Morgan fingerprint density at radius 1 is 1.24 bits per heavy atom. The van der Waals surface area contributed by atoms with Crippen LogP contribution >= 0.6 is 11.6 Å². The average molecular weight is 248 g/mol. The van der Waals surface area contributed by atoms with Crippen LogP contribution in [-0.4, -0.2) is 9.55 Å². The number of para-hydroxylation sites is 1. The number of rotatable bonds is 1. The van der Waals surface area contributed by atoms with Crippen molar-refractivity contribution in [1.29, 1.82) is 0 Å². The molecule has 1 heterocycles. The molecule has 2 aromatic rings. The molecule has 0 fully saturated rings. The molecule has 0 unspecified atom stereocenters. The summed E-state index contributed by atoms with van der Waals surface area (Å²) in [4.78, 5) is 4.47. The van der Waals surface area contributed by atoms with E-state index in [1.807, 2.05) is 24.5 Å². The lowest BCUT2D eigenvalue weighted by atomic mass is 10.0. The highest BCUT2D eigenvalue weighted by Crippen LogP contribution is 2.29. The van der Waals surface area contributed by atoms with Crippen LogP contribution in [-0.2, 0) is 12.8 Å². The molecule has 0 saturated carbocycles. The minimum atomic E-state index is 0.598. The number of fused-ring (bicyclic) bond motifs is 1. The summed E-state index contributed by atoms with van der Waals surface area (Å²) < 4.78 is 2.08. The number of imidazole rings is 1. The summed E-state index contributed by atoms with van der Waals surface area (Å²) in [6.45, 7) is 0. The molecule has 3 nitrogen and oxygen atoms in total. The van der Waals surface area contributed by atoms with E-state index in [9.17, 15) is 0 Å². The summed E-state index contributed by atoms with van der Waals surface area (Å²) in [7, 11) is 0. The Balaban J connectivity index is 2.15. The van der Waals surface area contributed by atoms with Crippen LogP contribution in [0, 0.1) is 0 Å².